The topological polar surface area (TPSA) is 27.7 Å². The Kier molecular flexibility index (Phi) is 6.24. The van der Waals surface area contributed by atoms with Gasteiger partial charge in [-0.1, -0.05) is 6.58 Å². The summed E-state index contributed by atoms with van der Waals surface area (Å²) in [5.41, 5.74) is 1.81. The molecule has 0 N–H and O–H groups in total. The average molecular weight is 347 g/mol. The number of hydrogen-bond acceptors (Lipinski definition) is 3. The van der Waals surface area contributed by atoms with E-state index in [0.29, 0.717) is 0 Å². The van der Waals surface area contributed by atoms with E-state index in [4.69, 9.17) is 13.3 Å². The second-order valence-corrected chi connectivity index (χ2v) is 9.09. The second kappa shape index (κ2) is 8.61. The van der Waals surface area contributed by atoms with E-state index < -0.39 is 8.80 Å². The van der Waals surface area contributed by atoms with E-state index in [-0.39, 0.29) is 0 Å². The first kappa shape index (κ1) is 17.4. The zero-order valence-corrected chi connectivity index (χ0v) is 15.7. The molecule has 24 heavy (non-hydrogen) atoms. The minimum absolute atomic E-state index is 0.980. The number of allylic oxidation sites excluding steroid dienone is 6. The van der Waals surface area contributed by atoms with Gasteiger partial charge in [-0.3, -0.25) is 0 Å². The first-order valence-electron chi connectivity index (χ1n) is 9.57. The van der Waals surface area contributed by atoms with Crippen molar-refractivity contribution >= 4 is 8.80 Å². The normalized spacial score (nSPS) is 21.9. The molecule has 0 bridgehead atoms. The van der Waals surface area contributed by atoms with Crippen LogP contribution in [0.3, 0.4) is 0 Å². The standard InChI is InChI=1S/C20H30O3Si/c1-2-24(21-18-12-6-3-7-13-18,22-19-14-8-4-9-15-19)23-20-16-10-5-11-17-20/h2,12,14,16H,1,3-11,13,15,17H2. The van der Waals surface area contributed by atoms with Crippen molar-refractivity contribution in [2.75, 3.05) is 0 Å². The molecule has 3 nitrogen and oxygen atoms in total. The van der Waals surface area contributed by atoms with Crippen LogP contribution in [-0.2, 0) is 13.3 Å². The van der Waals surface area contributed by atoms with Crippen LogP contribution in [0.25, 0.3) is 0 Å². The Labute approximate surface area is 147 Å². The van der Waals surface area contributed by atoms with Crippen LogP contribution < -0.4 is 0 Å². The summed E-state index contributed by atoms with van der Waals surface area (Å²) < 4.78 is 19.2. The predicted molar refractivity (Wildman–Crippen MR) is 98.9 cm³/mol. The summed E-state index contributed by atoms with van der Waals surface area (Å²) in [4.78, 5) is 0. The van der Waals surface area contributed by atoms with Gasteiger partial charge in [-0.15, -0.1) is 0 Å². The van der Waals surface area contributed by atoms with Crippen LogP contribution in [-0.4, -0.2) is 8.80 Å². The molecule has 132 valence electrons. The molecule has 0 aromatic heterocycles. The third-order valence-electron chi connectivity index (χ3n) is 4.82. The van der Waals surface area contributed by atoms with Gasteiger partial charge in [0.1, 0.15) is 0 Å². The lowest BCUT2D eigenvalue weighted by Gasteiger charge is -2.32. The second-order valence-electron chi connectivity index (χ2n) is 6.86. The van der Waals surface area contributed by atoms with Gasteiger partial charge >= 0.3 is 8.80 Å². The summed E-state index contributed by atoms with van der Waals surface area (Å²) in [5.74, 6) is 3.09. The zero-order chi connectivity index (χ0) is 16.7. The Balaban J connectivity index is 1.78. The fraction of sp³-hybridized carbons (Fsp3) is 0.600. The maximum atomic E-state index is 6.39. The largest absolute Gasteiger partial charge is 0.728 e. The number of hydrogen-bond donors (Lipinski definition) is 0. The van der Waals surface area contributed by atoms with Crippen LogP contribution in [0, 0.1) is 0 Å². The zero-order valence-electron chi connectivity index (χ0n) is 14.7. The Morgan fingerprint density at radius 2 is 1.04 bits per heavy atom. The number of rotatable bonds is 7. The smallest absolute Gasteiger partial charge is 0.485 e. The van der Waals surface area contributed by atoms with Crippen LogP contribution in [0.15, 0.2) is 47.8 Å². The molecule has 0 unspecified atom stereocenters. The van der Waals surface area contributed by atoms with Crippen LogP contribution >= 0.6 is 0 Å². The molecule has 0 amide bonds. The van der Waals surface area contributed by atoms with E-state index in [1.54, 1.807) is 0 Å². The van der Waals surface area contributed by atoms with E-state index in [0.717, 1.165) is 55.8 Å². The molecule has 3 aliphatic rings. The lowest BCUT2D eigenvalue weighted by atomic mass is 10.1. The molecule has 0 aliphatic heterocycles. The van der Waals surface area contributed by atoms with Gasteiger partial charge in [-0.25, -0.2) is 0 Å². The Bertz CT molecular complexity index is 464. The maximum absolute atomic E-state index is 6.39. The first-order valence-corrected chi connectivity index (χ1v) is 11.4. The molecule has 0 aromatic carbocycles. The molecule has 0 atom stereocenters. The average Bonchev–Trinajstić information content (AvgIpc) is 2.64. The summed E-state index contributed by atoms with van der Waals surface area (Å²) in [6.07, 6.45) is 20.1. The predicted octanol–water partition coefficient (Wildman–Crippen LogP) is 6.07. The molecule has 3 rings (SSSR count). The van der Waals surface area contributed by atoms with Crippen LogP contribution in [0.5, 0.6) is 0 Å². The minimum Gasteiger partial charge on any atom is -0.485 e. The fourth-order valence-corrected chi connectivity index (χ4v) is 5.47. The maximum Gasteiger partial charge on any atom is 0.728 e. The van der Waals surface area contributed by atoms with Crippen LogP contribution in [0.1, 0.15) is 77.0 Å². The highest BCUT2D eigenvalue weighted by Gasteiger charge is 2.47. The van der Waals surface area contributed by atoms with Gasteiger partial charge in [0.15, 0.2) is 0 Å². The van der Waals surface area contributed by atoms with Crippen molar-refractivity contribution in [3.63, 3.8) is 0 Å². The molecule has 3 aliphatic carbocycles. The molecular weight excluding hydrogens is 316 g/mol. The molecular formula is C20H30O3Si. The third-order valence-corrected chi connectivity index (χ3v) is 6.96. The van der Waals surface area contributed by atoms with Crippen LogP contribution in [0.2, 0.25) is 0 Å². The van der Waals surface area contributed by atoms with Gasteiger partial charge in [0.05, 0.1) is 17.3 Å². The van der Waals surface area contributed by atoms with Gasteiger partial charge in [0.2, 0.25) is 0 Å². The molecule has 0 radical (unpaired) electrons. The van der Waals surface area contributed by atoms with Gasteiger partial charge < -0.3 is 13.3 Å². The summed E-state index contributed by atoms with van der Waals surface area (Å²) >= 11 is 0. The molecule has 0 aromatic rings. The monoisotopic (exact) mass is 346 g/mol. The van der Waals surface area contributed by atoms with Crippen molar-refractivity contribution in [1.29, 1.82) is 0 Å². The Hall–Kier alpha value is -1.42. The van der Waals surface area contributed by atoms with Crippen molar-refractivity contribution in [2.45, 2.75) is 77.0 Å². The lowest BCUT2D eigenvalue weighted by Crippen LogP contribution is -2.44. The summed E-state index contributed by atoms with van der Waals surface area (Å²) in [5, 5.41) is 0. The van der Waals surface area contributed by atoms with Gasteiger partial charge in [0.25, 0.3) is 0 Å². The summed E-state index contributed by atoms with van der Waals surface area (Å²) in [7, 11) is -2.97. The highest BCUT2D eigenvalue weighted by molar-refractivity contribution is 6.67. The molecule has 0 heterocycles. The van der Waals surface area contributed by atoms with E-state index in [1.807, 2.05) is 5.70 Å². The van der Waals surface area contributed by atoms with E-state index in [1.165, 1.54) is 38.5 Å². The first-order chi connectivity index (χ1) is 11.8. The summed E-state index contributed by atoms with van der Waals surface area (Å²) in [6.45, 7) is 4.03. The van der Waals surface area contributed by atoms with E-state index >= 15 is 0 Å². The quantitative estimate of drug-likeness (QED) is 0.523. The minimum atomic E-state index is -2.97. The molecule has 0 saturated heterocycles. The molecule has 0 saturated carbocycles. The van der Waals surface area contributed by atoms with Crippen molar-refractivity contribution < 1.29 is 13.3 Å². The Morgan fingerprint density at radius 1 is 0.667 bits per heavy atom. The highest BCUT2D eigenvalue weighted by atomic mass is 28.4. The van der Waals surface area contributed by atoms with Crippen molar-refractivity contribution in [2.24, 2.45) is 0 Å². The molecule has 0 fully saturated rings. The third kappa shape index (κ3) is 4.79. The van der Waals surface area contributed by atoms with Gasteiger partial charge in [0, 0.05) is 25.0 Å². The summed E-state index contributed by atoms with van der Waals surface area (Å²) in [6, 6.07) is 0. The Morgan fingerprint density at radius 3 is 1.29 bits per heavy atom. The highest BCUT2D eigenvalue weighted by Crippen LogP contribution is 2.32. The van der Waals surface area contributed by atoms with Gasteiger partial charge in [-0.2, -0.15) is 0 Å². The van der Waals surface area contributed by atoms with E-state index in [2.05, 4.69) is 24.8 Å². The van der Waals surface area contributed by atoms with Crippen molar-refractivity contribution in [3.05, 3.63) is 47.8 Å². The SMILES string of the molecule is C=C[Si](OC1=CCCCC1)(OC1=CCCCC1)OC1=CCCCC1. The van der Waals surface area contributed by atoms with E-state index in [9.17, 15) is 0 Å². The van der Waals surface area contributed by atoms with Crippen molar-refractivity contribution in [1.82, 2.24) is 0 Å². The van der Waals surface area contributed by atoms with Gasteiger partial charge in [-0.05, 0) is 76.0 Å². The van der Waals surface area contributed by atoms with Crippen LogP contribution in [0.4, 0.5) is 0 Å². The fourth-order valence-electron chi connectivity index (χ4n) is 3.44. The van der Waals surface area contributed by atoms with Crippen molar-refractivity contribution in [3.8, 4) is 0 Å². The molecule has 4 heteroatoms. The lowest BCUT2D eigenvalue weighted by molar-refractivity contribution is 0.139. The molecule has 0 spiro atoms.